The Hall–Kier alpha value is -4.02. The van der Waals surface area contributed by atoms with Crippen LogP contribution in [0.15, 0.2) is 60.4 Å². The summed E-state index contributed by atoms with van der Waals surface area (Å²) >= 11 is 0. The Kier molecular flexibility index (Phi) is 9.01. The molecule has 0 saturated carbocycles. The summed E-state index contributed by atoms with van der Waals surface area (Å²) < 4.78 is 45.6. The molecule has 40 heavy (non-hydrogen) atoms. The van der Waals surface area contributed by atoms with Gasteiger partial charge >= 0.3 is 7.82 Å². The number of hydrogen-bond donors (Lipinski definition) is 2. The highest BCUT2D eigenvalue weighted by Gasteiger charge is 2.27. The van der Waals surface area contributed by atoms with E-state index in [4.69, 9.17) is 14.4 Å². The number of nitrogens with one attached hydrogen (secondary N) is 1. The third-order valence-electron chi connectivity index (χ3n) is 6.24. The van der Waals surface area contributed by atoms with Crippen molar-refractivity contribution in [2.45, 2.75) is 19.9 Å². The summed E-state index contributed by atoms with van der Waals surface area (Å²) in [5.41, 5.74) is 5.16. The van der Waals surface area contributed by atoms with E-state index < -0.39 is 13.6 Å². The lowest BCUT2D eigenvalue weighted by molar-refractivity contribution is -0.127. The van der Waals surface area contributed by atoms with Crippen LogP contribution in [0, 0.1) is 5.82 Å². The number of methoxy groups -OCH3 is 2. The van der Waals surface area contributed by atoms with E-state index in [1.807, 2.05) is 19.1 Å². The van der Waals surface area contributed by atoms with Gasteiger partial charge in [-0.2, -0.15) is 0 Å². The molecule has 1 aliphatic rings. The van der Waals surface area contributed by atoms with E-state index in [0.29, 0.717) is 23.2 Å². The topological polar surface area (TPSA) is 125 Å². The van der Waals surface area contributed by atoms with Gasteiger partial charge in [-0.05, 0) is 82.3 Å². The molecule has 4 rings (SSSR count). The lowest BCUT2D eigenvalue weighted by Crippen LogP contribution is -2.22. The summed E-state index contributed by atoms with van der Waals surface area (Å²) in [6.07, 6.45) is 5.23. The normalized spacial score (nSPS) is 15.0. The van der Waals surface area contributed by atoms with E-state index in [1.54, 1.807) is 36.7 Å². The Balaban J connectivity index is 1.67. The van der Waals surface area contributed by atoms with Gasteiger partial charge in [0.15, 0.2) is 11.5 Å². The number of carbonyl (C=O) groups excluding carboxylic acids is 1. The van der Waals surface area contributed by atoms with E-state index >= 15 is 0 Å². The predicted molar refractivity (Wildman–Crippen MR) is 146 cm³/mol. The Morgan fingerprint density at radius 1 is 1.10 bits per heavy atom. The number of aromatic nitrogens is 1. The SMILES string of the molecule is COc1cc(/C=C2/C(C)=C(CC(=O)NCc3cccnc3)c3cc(F)ccc32)cc(OC)c1OOP(=O)(O)OC. The minimum Gasteiger partial charge on any atom is -0.493 e. The van der Waals surface area contributed by atoms with Crippen molar-refractivity contribution < 1.29 is 42.2 Å². The Morgan fingerprint density at radius 2 is 1.82 bits per heavy atom. The first kappa shape index (κ1) is 29.0. The molecule has 1 amide bonds. The number of allylic oxidation sites excluding steroid dienone is 2. The van der Waals surface area contributed by atoms with Crippen LogP contribution in [-0.2, 0) is 25.1 Å². The number of phosphoric ester groups is 1. The number of hydrogen-bond acceptors (Lipinski definition) is 8. The zero-order chi connectivity index (χ0) is 28.9. The van der Waals surface area contributed by atoms with Gasteiger partial charge in [0, 0.05) is 26.0 Å². The number of nitrogens with zero attached hydrogens (tertiary/aromatic N) is 1. The van der Waals surface area contributed by atoms with Crippen LogP contribution in [0.1, 0.15) is 35.6 Å². The van der Waals surface area contributed by atoms with Gasteiger partial charge in [0.25, 0.3) is 0 Å². The molecule has 1 aliphatic carbocycles. The van der Waals surface area contributed by atoms with Gasteiger partial charge in [0.05, 0.1) is 20.6 Å². The number of carbonyl (C=O) groups is 1. The number of phosphoric acid groups is 1. The molecule has 0 radical (unpaired) electrons. The minimum atomic E-state index is -4.44. The highest BCUT2D eigenvalue weighted by molar-refractivity contribution is 7.47. The number of halogens is 1. The summed E-state index contributed by atoms with van der Waals surface area (Å²) in [5, 5.41) is 2.89. The van der Waals surface area contributed by atoms with Crippen LogP contribution in [0.5, 0.6) is 17.2 Å². The first-order valence-corrected chi connectivity index (χ1v) is 13.5. The fourth-order valence-electron chi connectivity index (χ4n) is 4.25. The number of pyridine rings is 1. The number of ether oxygens (including phenoxy) is 2. The van der Waals surface area contributed by atoms with Crippen molar-refractivity contribution in [3.8, 4) is 17.2 Å². The average molecular weight is 571 g/mol. The van der Waals surface area contributed by atoms with Crippen molar-refractivity contribution in [2.24, 2.45) is 0 Å². The maximum atomic E-state index is 14.3. The minimum absolute atomic E-state index is 0.0529. The fraction of sp³-hybridized carbons (Fsp3) is 0.214. The molecule has 10 nitrogen and oxygen atoms in total. The molecular formula is C28H28FN2O8P. The Labute approximate surface area is 230 Å². The second-order valence-corrected chi connectivity index (χ2v) is 10.2. The van der Waals surface area contributed by atoms with Crippen LogP contribution in [0.4, 0.5) is 4.39 Å². The second-order valence-electron chi connectivity index (χ2n) is 8.73. The van der Waals surface area contributed by atoms with Crippen LogP contribution in [-0.4, -0.2) is 37.1 Å². The molecule has 210 valence electrons. The van der Waals surface area contributed by atoms with Crippen LogP contribution in [0.3, 0.4) is 0 Å². The lowest BCUT2D eigenvalue weighted by Gasteiger charge is -2.15. The number of benzene rings is 2. The zero-order valence-corrected chi connectivity index (χ0v) is 23.2. The van der Waals surface area contributed by atoms with Gasteiger partial charge < -0.3 is 24.6 Å². The summed E-state index contributed by atoms with van der Waals surface area (Å²) in [4.78, 5) is 31.4. The van der Waals surface area contributed by atoms with Gasteiger partial charge in [0.2, 0.25) is 11.7 Å². The second kappa shape index (κ2) is 12.4. The molecule has 1 heterocycles. The maximum Gasteiger partial charge on any atom is 0.508 e. The van der Waals surface area contributed by atoms with E-state index in [2.05, 4.69) is 19.5 Å². The summed E-state index contributed by atoms with van der Waals surface area (Å²) in [6, 6.07) is 11.3. The van der Waals surface area contributed by atoms with Crippen molar-refractivity contribution in [1.29, 1.82) is 0 Å². The maximum absolute atomic E-state index is 14.3. The van der Waals surface area contributed by atoms with E-state index in [0.717, 1.165) is 29.4 Å². The van der Waals surface area contributed by atoms with Crippen molar-refractivity contribution in [3.05, 3.63) is 88.5 Å². The monoisotopic (exact) mass is 570 g/mol. The molecule has 0 fully saturated rings. The number of amides is 1. The van der Waals surface area contributed by atoms with Crippen molar-refractivity contribution in [2.75, 3.05) is 21.3 Å². The largest absolute Gasteiger partial charge is 0.508 e. The molecule has 1 aromatic heterocycles. The van der Waals surface area contributed by atoms with E-state index in [9.17, 15) is 18.6 Å². The number of rotatable bonds is 11. The third-order valence-corrected chi connectivity index (χ3v) is 6.97. The molecule has 12 heteroatoms. The third kappa shape index (κ3) is 6.57. The molecule has 2 N–H and O–H groups in total. The van der Waals surface area contributed by atoms with Gasteiger partial charge in [-0.1, -0.05) is 16.8 Å². The molecule has 0 aliphatic heterocycles. The van der Waals surface area contributed by atoms with Gasteiger partial charge in [-0.25, -0.2) is 8.96 Å². The van der Waals surface area contributed by atoms with Crippen molar-refractivity contribution in [1.82, 2.24) is 10.3 Å². The molecule has 0 spiro atoms. The molecule has 0 bridgehead atoms. The lowest BCUT2D eigenvalue weighted by atomic mass is 10.00. The number of fused-ring (bicyclic) bond motifs is 1. The molecule has 3 aromatic rings. The summed E-state index contributed by atoms with van der Waals surface area (Å²) in [7, 11) is -0.683. The van der Waals surface area contributed by atoms with Crippen molar-refractivity contribution in [3.63, 3.8) is 0 Å². The molecule has 1 unspecified atom stereocenters. The van der Waals surface area contributed by atoms with E-state index in [-0.39, 0.29) is 29.6 Å². The van der Waals surface area contributed by atoms with Gasteiger partial charge in [-0.15, -0.1) is 0 Å². The highest BCUT2D eigenvalue weighted by Crippen LogP contribution is 2.48. The van der Waals surface area contributed by atoms with Crippen LogP contribution in [0.25, 0.3) is 17.2 Å². The van der Waals surface area contributed by atoms with Gasteiger partial charge in [0.1, 0.15) is 5.82 Å². The summed E-state index contributed by atoms with van der Waals surface area (Å²) in [6.45, 7) is 2.20. The molecule has 1 atom stereocenters. The predicted octanol–water partition coefficient (Wildman–Crippen LogP) is 5.33. The fourth-order valence-corrected chi connectivity index (χ4v) is 4.48. The Bertz CT molecular complexity index is 1500. The summed E-state index contributed by atoms with van der Waals surface area (Å²) in [5.74, 6) is -0.405. The first-order valence-electron chi connectivity index (χ1n) is 12.0. The van der Waals surface area contributed by atoms with Gasteiger partial charge in [-0.3, -0.25) is 14.3 Å². The van der Waals surface area contributed by atoms with Crippen molar-refractivity contribution >= 4 is 31.0 Å². The average Bonchev–Trinajstić information content (AvgIpc) is 3.20. The van der Waals surface area contributed by atoms with E-state index in [1.165, 1.54) is 26.4 Å². The van der Waals surface area contributed by atoms with Crippen LogP contribution < -0.4 is 19.7 Å². The standard InChI is InChI=1S/C28H28FN2O8P/c1-17-22(10-19-11-25(35-2)28(26(12-19)36-3)38-39-40(33,34)37-4)21-8-7-20(29)13-24(21)23(17)14-27(32)31-16-18-6-5-9-30-15-18/h5-13,15H,14,16H2,1-4H3,(H,31,32)(H,33,34)/b22-10-. The highest BCUT2D eigenvalue weighted by atomic mass is 31.2. The van der Waals surface area contributed by atoms with Crippen LogP contribution in [0.2, 0.25) is 0 Å². The molecule has 0 saturated heterocycles. The Morgan fingerprint density at radius 3 is 2.45 bits per heavy atom. The molecular weight excluding hydrogens is 542 g/mol. The quantitative estimate of drug-likeness (QED) is 0.179. The van der Waals surface area contributed by atoms with Crippen LogP contribution >= 0.6 is 7.82 Å². The smallest absolute Gasteiger partial charge is 0.493 e. The zero-order valence-electron chi connectivity index (χ0n) is 22.3. The molecule has 2 aromatic carbocycles. The first-order chi connectivity index (χ1) is 19.2.